The number of hydrogen-bond acceptors (Lipinski definition) is 7. The molecule has 0 aliphatic heterocycles. The zero-order chi connectivity index (χ0) is 29.2. The first-order valence-corrected chi connectivity index (χ1v) is 12.4. The van der Waals surface area contributed by atoms with E-state index in [1.807, 2.05) is 18.2 Å². The second-order valence-electron chi connectivity index (χ2n) is 9.16. The van der Waals surface area contributed by atoms with Crippen LogP contribution in [0.2, 0.25) is 0 Å². The molecule has 40 heavy (non-hydrogen) atoms. The molecular weight excluding hydrogens is 522 g/mol. The summed E-state index contributed by atoms with van der Waals surface area (Å²) in [5.41, 5.74) is 7.64. The fraction of sp³-hybridized carbons (Fsp3) is 0.296. The van der Waals surface area contributed by atoms with Crippen LogP contribution < -0.4 is 21.7 Å². The van der Waals surface area contributed by atoms with Crippen molar-refractivity contribution in [2.24, 2.45) is 5.73 Å². The Balaban J connectivity index is 1.81. The van der Waals surface area contributed by atoms with Crippen LogP contribution in [-0.4, -0.2) is 80.7 Å². The Kier molecular flexibility index (Phi) is 10.3. The van der Waals surface area contributed by atoms with Gasteiger partial charge in [-0.3, -0.25) is 19.2 Å². The molecule has 3 rings (SSSR count). The molecule has 0 saturated heterocycles. The van der Waals surface area contributed by atoms with Crippen molar-refractivity contribution in [3.63, 3.8) is 0 Å². The summed E-state index contributed by atoms with van der Waals surface area (Å²) < 4.78 is 0. The van der Waals surface area contributed by atoms with Gasteiger partial charge in [-0.05, 0) is 17.2 Å². The third-order valence-corrected chi connectivity index (χ3v) is 6.18. The summed E-state index contributed by atoms with van der Waals surface area (Å²) in [6, 6.07) is 10.3. The smallest absolute Gasteiger partial charge is 0.326 e. The summed E-state index contributed by atoms with van der Waals surface area (Å²) in [5, 5.41) is 36.2. The lowest BCUT2D eigenvalue weighted by Crippen LogP contribution is -2.58. The van der Waals surface area contributed by atoms with Crippen LogP contribution in [0.25, 0.3) is 10.9 Å². The molecule has 13 nitrogen and oxygen atoms in total. The van der Waals surface area contributed by atoms with E-state index in [-0.39, 0.29) is 12.8 Å². The number of aliphatic hydroxyl groups is 1. The minimum Gasteiger partial charge on any atom is -0.481 e. The van der Waals surface area contributed by atoms with E-state index in [4.69, 9.17) is 10.8 Å². The highest BCUT2D eigenvalue weighted by atomic mass is 16.4. The van der Waals surface area contributed by atoms with Crippen molar-refractivity contribution in [3.8, 4) is 0 Å². The van der Waals surface area contributed by atoms with Gasteiger partial charge in [0, 0.05) is 29.9 Å². The molecule has 0 spiro atoms. The Morgan fingerprint density at radius 1 is 0.775 bits per heavy atom. The van der Waals surface area contributed by atoms with Gasteiger partial charge in [0.05, 0.1) is 19.1 Å². The summed E-state index contributed by atoms with van der Waals surface area (Å²) in [5.74, 6) is -5.34. The van der Waals surface area contributed by atoms with Crippen molar-refractivity contribution in [3.05, 3.63) is 71.9 Å². The van der Waals surface area contributed by atoms with Crippen LogP contribution >= 0.6 is 0 Å². The first kappa shape index (κ1) is 29.8. The molecule has 0 bridgehead atoms. The van der Waals surface area contributed by atoms with Gasteiger partial charge in [-0.25, -0.2) is 4.79 Å². The van der Waals surface area contributed by atoms with Crippen LogP contribution in [0.3, 0.4) is 0 Å². The maximum absolute atomic E-state index is 13.4. The van der Waals surface area contributed by atoms with Gasteiger partial charge >= 0.3 is 11.9 Å². The zero-order valence-corrected chi connectivity index (χ0v) is 21.4. The molecule has 13 heteroatoms. The average Bonchev–Trinajstić information content (AvgIpc) is 3.33. The number of nitrogens with one attached hydrogen (secondary N) is 4. The van der Waals surface area contributed by atoms with Gasteiger partial charge in [0.15, 0.2) is 0 Å². The second kappa shape index (κ2) is 13.9. The number of carbonyl (C=O) groups excluding carboxylic acids is 3. The maximum atomic E-state index is 13.4. The largest absolute Gasteiger partial charge is 0.481 e. The predicted molar refractivity (Wildman–Crippen MR) is 143 cm³/mol. The van der Waals surface area contributed by atoms with Crippen LogP contribution in [0.1, 0.15) is 17.5 Å². The molecule has 3 aromatic rings. The number of carbonyl (C=O) groups is 5. The standard InChI is InChI=1S/C27H31N5O8/c28-18(12-23(34)35)24(36)32-22(14-33)26(38)30-20(11-16-13-29-19-9-5-4-8-17(16)19)25(37)31-21(27(39)40)10-15-6-2-1-3-7-15/h1-9,13,18,20-22,29,33H,10-12,14,28H2,(H,30,38)(H,31,37)(H,32,36)(H,34,35)(H,39,40). The van der Waals surface area contributed by atoms with Crippen LogP contribution in [0.4, 0.5) is 0 Å². The minimum atomic E-state index is -1.55. The van der Waals surface area contributed by atoms with Crippen LogP contribution in [0, 0.1) is 0 Å². The van der Waals surface area contributed by atoms with Crippen molar-refractivity contribution in [2.45, 2.75) is 43.4 Å². The van der Waals surface area contributed by atoms with Gasteiger partial charge in [-0.1, -0.05) is 48.5 Å². The second-order valence-corrected chi connectivity index (χ2v) is 9.16. The molecule has 4 unspecified atom stereocenters. The molecule has 3 amide bonds. The number of amides is 3. The lowest BCUT2D eigenvalue weighted by molar-refractivity contribution is -0.142. The highest BCUT2D eigenvalue weighted by molar-refractivity contribution is 5.95. The van der Waals surface area contributed by atoms with Crippen molar-refractivity contribution in [1.82, 2.24) is 20.9 Å². The molecule has 2 aromatic carbocycles. The third kappa shape index (κ3) is 8.12. The van der Waals surface area contributed by atoms with E-state index in [1.165, 1.54) is 0 Å². The summed E-state index contributed by atoms with van der Waals surface area (Å²) >= 11 is 0. The number of hydrogen-bond donors (Lipinski definition) is 8. The topological polar surface area (TPSA) is 224 Å². The zero-order valence-electron chi connectivity index (χ0n) is 21.4. The molecule has 0 aliphatic carbocycles. The highest BCUT2D eigenvalue weighted by Crippen LogP contribution is 2.19. The lowest BCUT2D eigenvalue weighted by Gasteiger charge is -2.24. The monoisotopic (exact) mass is 553 g/mol. The molecule has 4 atom stereocenters. The summed E-state index contributed by atoms with van der Waals surface area (Å²) in [4.78, 5) is 64.5. The predicted octanol–water partition coefficient (Wildman–Crippen LogP) is -0.714. The highest BCUT2D eigenvalue weighted by Gasteiger charge is 2.31. The van der Waals surface area contributed by atoms with Gasteiger partial charge in [0.2, 0.25) is 17.7 Å². The van der Waals surface area contributed by atoms with E-state index < -0.39 is 66.9 Å². The fourth-order valence-corrected chi connectivity index (χ4v) is 4.08. The number of rotatable bonds is 14. The van der Waals surface area contributed by atoms with Gasteiger partial charge in [-0.2, -0.15) is 0 Å². The normalized spacial score (nSPS) is 13.9. The number of benzene rings is 2. The molecular formula is C27H31N5O8. The van der Waals surface area contributed by atoms with E-state index in [0.29, 0.717) is 11.1 Å². The van der Waals surface area contributed by atoms with Crippen molar-refractivity contribution < 1.29 is 39.3 Å². The van der Waals surface area contributed by atoms with E-state index >= 15 is 0 Å². The number of fused-ring (bicyclic) bond motifs is 1. The molecule has 0 saturated carbocycles. The molecule has 0 fully saturated rings. The molecule has 1 heterocycles. The molecule has 1 aromatic heterocycles. The summed E-state index contributed by atoms with van der Waals surface area (Å²) in [6.45, 7) is -0.870. The van der Waals surface area contributed by atoms with Crippen LogP contribution in [0.5, 0.6) is 0 Å². The summed E-state index contributed by atoms with van der Waals surface area (Å²) in [6.07, 6.45) is 0.900. The number of aliphatic hydroxyl groups excluding tert-OH is 1. The van der Waals surface area contributed by atoms with E-state index in [2.05, 4.69) is 20.9 Å². The Hall–Kier alpha value is -4.75. The van der Waals surface area contributed by atoms with E-state index in [0.717, 1.165) is 10.9 Å². The first-order valence-electron chi connectivity index (χ1n) is 12.4. The number of carboxylic acids is 2. The maximum Gasteiger partial charge on any atom is 0.326 e. The number of para-hydroxylation sites is 1. The summed E-state index contributed by atoms with van der Waals surface area (Å²) in [7, 11) is 0. The molecule has 9 N–H and O–H groups in total. The van der Waals surface area contributed by atoms with Crippen LogP contribution in [0.15, 0.2) is 60.8 Å². The van der Waals surface area contributed by atoms with E-state index in [1.54, 1.807) is 42.6 Å². The lowest BCUT2D eigenvalue weighted by atomic mass is 10.0. The van der Waals surface area contributed by atoms with Crippen LogP contribution in [-0.2, 0) is 36.8 Å². The third-order valence-electron chi connectivity index (χ3n) is 6.18. The minimum absolute atomic E-state index is 0.00749. The van der Waals surface area contributed by atoms with Crippen molar-refractivity contribution in [2.75, 3.05) is 6.61 Å². The van der Waals surface area contributed by atoms with Crippen molar-refractivity contribution >= 4 is 40.6 Å². The SMILES string of the molecule is NC(CC(=O)O)C(=O)NC(CO)C(=O)NC(Cc1c[nH]c2ccccc12)C(=O)NC(Cc1ccccc1)C(=O)O. The number of nitrogens with two attached hydrogens (primary N) is 1. The number of H-pyrrole nitrogens is 1. The number of aromatic amines is 1. The Bertz CT molecular complexity index is 1360. The Morgan fingerprint density at radius 2 is 1.38 bits per heavy atom. The molecule has 0 radical (unpaired) electrons. The fourth-order valence-electron chi connectivity index (χ4n) is 4.08. The molecule has 212 valence electrons. The van der Waals surface area contributed by atoms with E-state index in [9.17, 15) is 34.2 Å². The van der Waals surface area contributed by atoms with Gasteiger partial charge in [0.1, 0.15) is 18.1 Å². The number of carboxylic acid groups (broad SMARTS) is 2. The Morgan fingerprint density at radius 3 is 2.02 bits per heavy atom. The first-order chi connectivity index (χ1) is 19.1. The van der Waals surface area contributed by atoms with Gasteiger partial charge in [0.25, 0.3) is 0 Å². The number of aromatic nitrogens is 1. The average molecular weight is 554 g/mol. The van der Waals surface area contributed by atoms with Gasteiger partial charge < -0.3 is 42.0 Å². The van der Waals surface area contributed by atoms with Gasteiger partial charge in [-0.15, -0.1) is 0 Å². The van der Waals surface area contributed by atoms with Crippen molar-refractivity contribution in [1.29, 1.82) is 0 Å². The number of aliphatic carboxylic acids is 2. The Labute approximate surface area is 228 Å². The quantitative estimate of drug-likeness (QED) is 0.126. The molecule has 0 aliphatic rings.